The molecule has 1 saturated heterocycles. The van der Waals surface area contributed by atoms with Crippen LogP contribution in [-0.4, -0.2) is 11.8 Å². The molecule has 1 heterocycles. The molecule has 1 aliphatic heterocycles. The average Bonchev–Trinajstić information content (AvgIpc) is 3.16. The Labute approximate surface area is 198 Å². The fourth-order valence-corrected chi connectivity index (χ4v) is 6.53. The highest BCUT2D eigenvalue weighted by molar-refractivity contribution is 6.23. The van der Waals surface area contributed by atoms with Crippen LogP contribution in [0.5, 0.6) is 0 Å². The van der Waals surface area contributed by atoms with Gasteiger partial charge in [-0.1, -0.05) is 91.0 Å². The minimum Gasteiger partial charge on any atom is -0.274 e. The van der Waals surface area contributed by atoms with E-state index in [0.29, 0.717) is 5.69 Å². The van der Waals surface area contributed by atoms with E-state index >= 15 is 0 Å². The van der Waals surface area contributed by atoms with E-state index in [0.717, 1.165) is 12.0 Å². The SMILES string of the molecule is O=C1[C@@H]2C3c4ccccc4C(c4ccccc43)[C@@H]2C(=O)N1c1ccc(Cc2ccccc2)cc1. The number of amides is 2. The summed E-state index contributed by atoms with van der Waals surface area (Å²) in [5.74, 6) is -0.949. The predicted octanol–water partition coefficient (Wildman–Crippen LogP) is 5.67. The molecule has 2 amide bonds. The zero-order chi connectivity index (χ0) is 22.8. The lowest BCUT2D eigenvalue weighted by Gasteiger charge is -2.45. The standard InChI is InChI=1S/C31H23NO2/c33-30-28-26-22-10-4-5-11-23(22)27(25-13-7-6-12-24(25)26)29(28)31(34)32(30)21-16-14-20(15-17-21)18-19-8-2-1-3-9-19/h1-17,26-29H,18H2/t26?,27?,28-,29+. The van der Waals surface area contributed by atoms with Gasteiger partial charge < -0.3 is 0 Å². The van der Waals surface area contributed by atoms with Crippen molar-refractivity contribution in [2.75, 3.05) is 4.90 Å². The number of carbonyl (C=O) groups is 2. The van der Waals surface area contributed by atoms with E-state index in [1.54, 1.807) is 0 Å². The Hall–Kier alpha value is -3.98. The topological polar surface area (TPSA) is 37.4 Å². The second-order valence-electron chi connectivity index (χ2n) is 9.61. The molecule has 0 spiro atoms. The monoisotopic (exact) mass is 441 g/mol. The molecule has 4 aliphatic rings. The summed E-state index contributed by atoms with van der Waals surface area (Å²) in [7, 11) is 0. The minimum absolute atomic E-state index is 0.0650. The van der Waals surface area contributed by atoms with E-state index in [4.69, 9.17) is 0 Å². The van der Waals surface area contributed by atoms with Crippen LogP contribution >= 0.6 is 0 Å². The Morgan fingerprint density at radius 1 is 0.500 bits per heavy atom. The van der Waals surface area contributed by atoms with Gasteiger partial charge in [0.2, 0.25) is 11.8 Å². The quantitative estimate of drug-likeness (QED) is 0.384. The van der Waals surface area contributed by atoms with Crippen molar-refractivity contribution in [3.05, 3.63) is 137 Å². The summed E-state index contributed by atoms with van der Waals surface area (Å²) in [6.45, 7) is 0. The molecule has 8 rings (SSSR count). The van der Waals surface area contributed by atoms with Crippen LogP contribution in [0, 0.1) is 11.8 Å². The van der Waals surface area contributed by atoms with E-state index in [1.165, 1.54) is 32.7 Å². The van der Waals surface area contributed by atoms with Gasteiger partial charge >= 0.3 is 0 Å². The molecule has 3 heteroatoms. The number of imide groups is 1. The van der Waals surface area contributed by atoms with Crippen LogP contribution < -0.4 is 4.90 Å². The van der Waals surface area contributed by atoms with Gasteiger partial charge in [-0.2, -0.15) is 0 Å². The molecule has 0 radical (unpaired) electrons. The van der Waals surface area contributed by atoms with Gasteiger partial charge in [0.25, 0.3) is 0 Å². The summed E-state index contributed by atoms with van der Waals surface area (Å²) in [5.41, 5.74) is 7.88. The Morgan fingerprint density at radius 2 is 0.912 bits per heavy atom. The fraction of sp³-hybridized carbons (Fsp3) is 0.161. The lowest BCUT2D eigenvalue weighted by molar-refractivity contribution is -0.122. The van der Waals surface area contributed by atoms with Gasteiger partial charge in [-0.05, 0) is 51.9 Å². The smallest absolute Gasteiger partial charge is 0.238 e. The van der Waals surface area contributed by atoms with Gasteiger partial charge in [-0.25, -0.2) is 4.90 Å². The third-order valence-corrected chi connectivity index (χ3v) is 7.89. The van der Waals surface area contributed by atoms with Crippen LogP contribution in [0.3, 0.4) is 0 Å². The van der Waals surface area contributed by atoms with Crippen molar-refractivity contribution in [1.82, 2.24) is 0 Å². The summed E-state index contributed by atoms with van der Waals surface area (Å²) in [6, 6.07) is 34.9. The zero-order valence-electron chi connectivity index (χ0n) is 18.6. The van der Waals surface area contributed by atoms with Crippen molar-refractivity contribution in [1.29, 1.82) is 0 Å². The van der Waals surface area contributed by atoms with Crippen LogP contribution in [0.25, 0.3) is 0 Å². The molecule has 3 aliphatic carbocycles. The normalized spacial score (nSPS) is 24.1. The van der Waals surface area contributed by atoms with Crippen molar-refractivity contribution in [2.45, 2.75) is 18.3 Å². The van der Waals surface area contributed by atoms with E-state index in [9.17, 15) is 9.59 Å². The largest absolute Gasteiger partial charge is 0.274 e. The first kappa shape index (κ1) is 19.5. The fourth-order valence-electron chi connectivity index (χ4n) is 6.53. The number of anilines is 1. The summed E-state index contributed by atoms with van der Waals surface area (Å²) < 4.78 is 0. The number of hydrogen-bond donors (Lipinski definition) is 0. The van der Waals surface area contributed by atoms with E-state index in [2.05, 4.69) is 36.4 Å². The van der Waals surface area contributed by atoms with Crippen LogP contribution in [-0.2, 0) is 16.0 Å². The number of nitrogens with zero attached hydrogens (tertiary/aromatic N) is 1. The lowest BCUT2D eigenvalue weighted by atomic mass is 9.55. The van der Waals surface area contributed by atoms with Gasteiger partial charge in [0.1, 0.15) is 0 Å². The highest BCUT2D eigenvalue weighted by Crippen LogP contribution is 2.61. The second kappa shape index (κ2) is 7.26. The van der Waals surface area contributed by atoms with Crippen LogP contribution in [0.4, 0.5) is 5.69 Å². The van der Waals surface area contributed by atoms with E-state index in [1.807, 2.05) is 66.7 Å². The first-order chi connectivity index (χ1) is 16.7. The number of carbonyl (C=O) groups excluding carboxylic acids is 2. The van der Waals surface area contributed by atoms with Gasteiger partial charge in [-0.3, -0.25) is 9.59 Å². The first-order valence-corrected chi connectivity index (χ1v) is 11.9. The van der Waals surface area contributed by atoms with Gasteiger partial charge in [0, 0.05) is 11.8 Å². The maximum absolute atomic E-state index is 13.8. The number of rotatable bonds is 3. The van der Waals surface area contributed by atoms with Crippen LogP contribution in [0.2, 0.25) is 0 Å². The van der Waals surface area contributed by atoms with Crippen molar-refractivity contribution < 1.29 is 9.59 Å². The third kappa shape index (κ3) is 2.64. The number of hydrogen-bond acceptors (Lipinski definition) is 2. The van der Waals surface area contributed by atoms with E-state index < -0.39 is 0 Å². The molecule has 1 fully saturated rings. The van der Waals surface area contributed by atoms with Crippen molar-refractivity contribution in [2.24, 2.45) is 11.8 Å². The average molecular weight is 442 g/mol. The lowest BCUT2D eigenvalue weighted by Crippen LogP contribution is -2.41. The van der Waals surface area contributed by atoms with Crippen molar-refractivity contribution in [3.63, 3.8) is 0 Å². The van der Waals surface area contributed by atoms with Crippen molar-refractivity contribution in [3.8, 4) is 0 Å². The third-order valence-electron chi connectivity index (χ3n) is 7.89. The van der Waals surface area contributed by atoms with Crippen LogP contribution in [0.1, 0.15) is 45.2 Å². The maximum Gasteiger partial charge on any atom is 0.238 e. The predicted molar refractivity (Wildman–Crippen MR) is 132 cm³/mol. The van der Waals surface area contributed by atoms with Crippen LogP contribution in [0.15, 0.2) is 103 Å². The van der Waals surface area contributed by atoms with Gasteiger partial charge in [-0.15, -0.1) is 0 Å². The summed E-state index contributed by atoms with van der Waals surface area (Å²) in [4.78, 5) is 29.1. The molecule has 0 unspecified atom stereocenters. The van der Waals surface area contributed by atoms with Crippen molar-refractivity contribution >= 4 is 17.5 Å². The molecule has 2 atom stereocenters. The molecule has 2 bridgehead atoms. The summed E-state index contributed by atoms with van der Waals surface area (Å²) >= 11 is 0. The molecule has 0 saturated carbocycles. The Balaban J connectivity index is 1.27. The molecule has 4 aromatic carbocycles. The molecule has 3 nitrogen and oxygen atoms in total. The Kier molecular flexibility index (Phi) is 4.16. The summed E-state index contributed by atoms with van der Waals surface area (Å²) in [5, 5.41) is 0. The molecule has 164 valence electrons. The molecule has 34 heavy (non-hydrogen) atoms. The zero-order valence-corrected chi connectivity index (χ0v) is 18.6. The van der Waals surface area contributed by atoms with E-state index in [-0.39, 0.29) is 35.5 Å². The highest BCUT2D eigenvalue weighted by atomic mass is 16.2. The second-order valence-corrected chi connectivity index (χ2v) is 9.61. The van der Waals surface area contributed by atoms with Gasteiger partial charge in [0.05, 0.1) is 17.5 Å². The molecule has 0 aromatic heterocycles. The summed E-state index contributed by atoms with van der Waals surface area (Å²) in [6.07, 6.45) is 0.822. The Morgan fingerprint density at radius 3 is 1.38 bits per heavy atom. The first-order valence-electron chi connectivity index (χ1n) is 11.9. The minimum atomic E-state index is -0.341. The molecule has 0 N–H and O–H groups in total. The Bertz CT molecular complexity index is 1320. The molecular formula is C31H23NO2. The van der Waals surface area contributed by atoms with Gasteiger partial charge in [0.15, 0.2) is 0 Å². The highest BCUT2D eigenvalue weighted by Gasteiger charge is 2.61. The maximum atomic E-state index is 13.8. The molecular weight excluding hydrogens is 418 g/mol. The molecule has 4 aromatic rings. The number of benzene rings is 4.